The SMILES string of the molecule is CCCNC(c1ncccc1OC)C1(OC)CCOCC1. The molecule has 0 spiro atoms. The molecule has 0 amide bonds. The van der Waals surface area contributed by atoms with Crippen molar-refractivity contribution < 1.29 is 14.2 Å². The Bertz CT molecular complexity index is 433. The van der Waals surface area contributed by atoms with Crippen LogP contribution in [0.1, 0.15) is 37.9 Å². The van der Waals surface area contributed by atoms with Crippen molar-refractivity contribution in [3.8, 4) is 5.75 Å². The quantitative estimate of drug-likeness (QED) is 0.836. The smallest absolute Gasteiger partial charge is 0.142 e. The Labute approximate surface area is 127 Å². The summed E-state index contributed by atoms with van der Waals surface area (Å²) in [6, 6.07) is 3.84. The molecule has 5 nitrogen and oxygen atoms in total. The van der Waals surface area contributed by atoms with Gasteiger partial charge in [0.25, 0.3) is 0 Å². The molecule has 1 unspecified atom stereocenters. The molecule has 118 valence electrons. The summed E-state index contributed by atoms with van der Waals surface area (Å²) in [6.07, 6.45) is 4.57. The third-order valence-electron chi connectivity index (χ3n) is 4.16. The minimum Gasteiger partial charge on any atom is -0.495 e. The van der Waals surface area contributed by atoms with E-state index in [9.17, 15) is 0 Å². The van der Waals surface area contributed by atoms with Gasteiger partial charge in [0.2, 0.25) is 0 Å². The Morgan fingerprint density at radius 1 is 1.38 bits per heavy atom. The highest BCUT2D eigenvalue weighted by Crippen LogP contribution is 2.39. The van der Waals surface area contributed by atoms with E-state index in [0.29, 0.717) is 13.2 Å². The normalized spacial score (nSPS) is 19.2. The number of methoxy groups -OCH3 is 2. The van der Waals surface area contributed by atoms with Gasteiger partial charge in [0.15, 0.2) is 0 Å². The summed E-state index contributed by atoms with van der Waals surface area (Å²) in [6.45, 7) is 4.50. The molecule has 1 aliphatic heterocycles. The van der Waals surface area contributed by atoms with Crippen LogP contribution in [0.5, 0.6) is 5.75 Å². The number of aromatic nitrogens is 1. The molecule has 1 atom stereocenters. The molecule has 5 heteroatoms. The first kappa shape index (κ1) is 16.2. The highest BCUT2D eigenvalue weighted by atomic mass is 16.5. The van der Waals surface area contributed by atoms with E-state index < -0.39 is 0 Å². The highest BCUT2D eigenvalue weighted by molar-refractivity contribution is 5.31. The van der Waals surface area contributed by atoms with Crippen molar-refractivity contribution in [2.45, 2.75) is 37.8 Å². The van der Waals surface area contributed by atoms with Crippen LogP contribution >= 0.6 is 0 Å². The molecule has 1 aromatic rings. The van der Waals surface area contributed by atoms with Crippen LogP contribution in [0.3, 0.4) is 0 Å². The molecule has 0 saturated carbocycles. The summed E-state index contributed by atoms with van der Waals surface area (Å²) in [4.78, 5) is 4.56. The minimum atomic E-state index is -0.297. The molecule has 1 fully saturated rings. The van der Waals surface area contributed by atoms with Crippen LogP contribution in [0.4, 0.5) is 0 Å². The van der Waals surface area contributed by atoms with Gasteiger partial charge in [-0.3, -0.25) is 4.98 Å². The minimum absolute atomic E-state index is 0.00231. The van der Waals surface area contributed by atoms with Gasteiger partial charge >= 0.3 is 0 Å². The Balaban J connectivity index is 2.36. The predicted octanol–water partition coefficient (Wildman–Crippen LogP) is 2.33. The molecule has 1 saturated heterocycles. The summed E-state index contributed by atoms with van der Waals surface area (Å²) in [5, 5.41) is 3.60. The fraction of sp³-hybridized carbons (Fsp3) is 0.688. The van der Waals surface area contributed by atoms with Gasteiger partial charge in [-0.15, -0.1) is 0 Å². The van der Waals surface area contributed by atoms with E-state index in [2.05, 4.69) is 17.2 Å². The first-order valence-electron chi connectivity index (χ1n) is 7.62. The Kier molecular flexibility index (Phi) is 5.96. The second-order valence-electron chi connectivity index (χ2n) is 5.36. The van der Waals surface area contributed by atoms with Crippen molar-refractivity contribution in [2.24, 2.45) is 0 Å². The van der Waals surface area contributed by atoms with E-state index in [1.165, 1.54) is 0 Å². The lowest BCUT2D eigenvalue weighted by Crippen LogP contribution is -2.49. The highest BCUT2D eigenvalue weighted by Gasteiger charge is 2.43. The second-order valence-corrected chi connectivity index (χ2v) is 5.36. The summed E-state index contributed by atoms with van der Waals surface area (Å²) < 4.78 is 17.0. The van der Waals surface area contributed by atoms with E-state index in [1.54, 1.807) is 20.4 Å². The number of rotatable bonds is 7. The fourth-order valence-electron chi connectivity index (χ4n) is 2.94. The maximum Gasteiger partial charge on any atom is 0.142 e. The monoisotopic (exact) mass is 294 g/mol. The van der Waals surface area contributed by atoms with Crippen molar-refractivity contribution >= 4 is 0 Å². The van der Waals surface area contributed by atoms with Crippen LogP contribution in [0.15, 0.2) is 18.3 Å². The first-order chi connectivity index (χ1) is 10.3. The molecule has 2 heterocycles. The summed E-state index contributed by atoms with van der Waals surface area (Å²) in [5.74, 6) is 0.800. The molecular formula is C16H26N2O3. The Morgan fingerprint density at radius 3 is 2.76 bits per heavy atom. The molecule has 0 aromatic carbocycles. The van der Waals surface area contributed by atoms with Crippen LogP contribution in [0, 0.1) is 0 Å². The lowest BCUT2D eigenvalue weighted by atomic mass is 9.83. The van der Waals surface area contributed by atoms with Crippen LogP contribution in [0.2, 0.25) is 0 Å². The number of hydrogen-bond acceptors (Lipinski definition) is 5. The van der Waals surface area contributed by atoms with E-state index in [0.717, 1.165) is 37.3 Å². The molecule has 0 radical (unpaired) electrons. The molecular weight excluding hydrogens is 268 g/mol. The lowest BCUT2D eigenvalue weighted by molar-refractivity contribution is -0.112. The van der Waals surface area contributed by atoms with Crippen molar-refractivity contribution in [2.75, 3.05) is 34.0 Å². The zero-order chi connectivity index (χ0) is 15.1. The first-order valence-corrected chi connectivity index (χ1v) is 7.62. The number of nitrogens with one attached hydrogen (secondary N) is 1. The molecule has 21 heavy (non-hydrogen) atoms. The standard InChI is InChI=1S/C16H26N2O3/c1-4-9-18-15(14-13(19-2)6-5-10-17-14)16(20-3)7-11-21-12-8-16/h5-6,10,15,18H,4,7-9,11-12H2,1-3H3. The maximum atomic E-state index is 5.95. The topological polar surface area (TPSA) is 52.6 Å². The van der Waals surface area contributed by atoms with E-state index in [4.69, 9.17) is 14.2 Å². The summed E-state index contributed by atoms with van der Waals surface area (Å²) in [7, 11) is 3.46. The summed E-state index contributed by atoms with van der Waals surface area (Å²) >= 11 is 0. The van der Waals surface area contributed by atoms with Gasteiger partial charge in [0, 0.05) is 39.4 Å². The second kappa shape index (κ2) is 7.73. The Morgan fingerprint density at radius 2 is 2.14 bits per heavy atom. The molecule has 1 aliphatic rings. The van der Waals surface area contributed by atoms with E-state index >= 15 is 0 Å². The van der Waals surface area contributed by atoms with Crippen LogP contribution in [-0.4, -0.2) is 44.6 Å². The molecule has 1 N–H and O–H groups in total. The average Bonchev–Trinajstić information content (AvgIpc) is 2.56. The van der Waals surface area contributed by atoms with Crippen molar-refractivity contribution in [3.63, 3.8) is 0 Å². The van der Waals surface area contributed by atoms with Gasteiger partial charge < -0.3 is 19.5 Å². The van der Waals surface area contributed by atoms with E-state index in [-0.39, 0.29) is 11.6 Å². The average molecular weight is 294 g/mol. The third kappa shape index (κ3) is 3.54. The Hall–Kier alpha value is -1.17. The van der Waals surface area contributed by atoms with Gasteiger partial charge in [-0.2, -0.15) is 0 Å². The van der Waals surface area contributed by atoms with Crippen LogP contribution in [-0.2, 0) is 9.47 Å². The zero-order valence-corrected chi connectivity index (χ0v) is 13.2. The van der Waals surface area contributed by atoms with Gasteiger partial charge in [-0.1, -0.05) is 6.92 Å². The number of hydrogen-bond donors (Lipinski definition) is 1. The number of nitrogens with zero attached hydrogens (tertiary/aromatic N) is 1. The van der Waals surface area contributed by atoms with Crippen molar-refractivity contribution in [1.82, 2.24) is 10.3 Å². The summed E-state index contributed by atoms with van der Waals surface area (Å²) in [5.41, 5.74) is 0.618. The van der Waals surface area contributed by atoms with Crippen LogP contribution < -0.4 is 10.1 Å². The van der Waals surface area contributed by atoms with Crippen molar-refractivity contribution in [3.05, 3.63) is 24.0 Å². The molecule has 0 bridgehead atoms. The van der Waals surface area contributed by atoms with Gasteiger partial charge in [-0.05, 0) is 25.1 Å². The number of pyridine rings is 1. The zero-order valence-electron chi connectivity index (χ0n) is 13.2. The predicted molar refractivity (Wildman–Crippen MR) is 81.6 cm³/mol. The van der Waals surface area contributed by atoms with Gasteiger partial charge in [-0.25, -0.2) is 0 Å². The van der Waals surface area contributed by atoms with Gasteiger partial charge in [0.05, 0.1) is 18.8 Å². The number of ether oxygens (including phenoxy) is 3. The van der Waals surface area contributed by atoms with Crippen LogP contribution in [0.25, 0.3) is 0 Å². The van der Waals surface area contributed by atoms with Gasteiger partial charge in [0.1, 0.15) is 11.4 Å². The van der Waals surface area contributed by atoms with Crippen molar-refractivity contribution in [1.29, 1.82) is 0 Å². The van der Waals surface area contributed by atoms with E-state index in [1.807, 2.05) is 12.1 Å². The molecule has 1 aromatic heterocycles. The largest absolute Gasteiger partial charge is 0.495 e. The molecule has 0 aliphatic carbocycles. The fourth-order valence-corrected chi connectivity index (χ4v) is 2.94. The lowest BCUT2D eigenvalue weighted by Gasteiger charge is -2.42. The maximum absolute atomic E-state index is 5.95. The molecule has 2 rings (SSSR count). The third-order valence-corrected chi connectivity index (χ3v) is 4.16.